The molecule has 0 aromatic carbocycles. The van der Waals surface area contributed by atoms with Crippen molar-refractivity contribution < 1.29 is 9.47 Å². The monoisotopic (exact) mass is 225 g/mol. The van der Waals surface area contributed by atoms with E-state index in [9.17, 15) is 9.59 Å². The van der Waals surface area contributed by atoms with Crippen LogP contribution in [0.2, 0.25) is 0 Å². The van der Waals surface area contributed by atoms with E-state index >= 15 is 0 Å². The molecular formula is C9H11N3O4. The summed E-state index contributed by atoms with van der Waals surface area (Å²) >= 11 is 0. The SMILES string of the molecule is COC(Cn1cc(C#N)c(=O)[nH]c1=O)OC. The summed E-state index contributed by atoms with van der Waals surface area (Å²) in [5.41, 5.74) is -1.44. The van der Waals surface area contributed by atoms with Gasteiger partial charge >= 0.3 is 5.69 Å². The molecule has 0 spiro atoms. The minimum Gasteiger partial charge on any atom is -0.354 e. The first-order chi connectivity index (χ1) is 7.62. The van der Waals surface area contributed by atoms with Crippen molar-refractivity contribution in [2.24, 2.45) is 0 Å². The lowest BCUT2D eigenvalue weighted by atomic mass is 10.4. The average Bonchev–Trinajstić information content (AvgIpc) is 2.28. The number of aromatic nitrogens is 2. The summed E-state index contributed by atoms with van der Waals surface area (Å²) in [7, 11) is 2.85. The number of nitriles is 1. The van der Waals surface area contributed by atoms with Gasteiger partial charge in [0.15, 0.2) is 6.29 Å². The van der Waals surface area contributed by atoms with Gasteiger partial charge in [-0.2, -0.15) is 5.26 Å². The summed E-state index contributed by atoms with van der Waals surface area (Å²) in [6.45, 7) is 0.0945. The normalized spacial score (nSPS) is 10.4. The van der Waals surface area contributed by atoms with Gasteiger partial charge in [0, 0.05) is 20.4 Å². The highest BCUT2D eigenvalue weighted by Crippen LogP contribution is 1.94. The molecule has 1 N–H and O–H groups in total. The first-order valence-corrected chi connectivity index (χ1v) is 4.41. The van der Waals surface area contributed by atoms with Crippen molar-refractivity contribution in [1.29, 1.82) is 5.26 Å². The van der Waals surface area contributed by atoms with Gasteiger partial charge in [-0.05, 0) is 0 Å². The fraction of sp³-hybridized carbons (Fsp3) is 0.444. The van der Waals surface area contributed by atoms with Gasteiger partial charge in [-0.1, -0.05) is 0 Å². The highest BCUT2D eigenvalue weighted by molar-refractivity contribution is 5.21. The van der Waals surface area contributed by atoms with E-state index in [1.165, 1.54) is 20.4 Å². The van der Waals surface area contributed by atoms with Gasteiger partial charge in [0.25, 0.3) is 5.56 Å². The van der Waals surface area contributed by atoms with Crippen LogP contribution in [0.1, 0.15) is 5.56 Å². The summed E-state index contributed by atoms with van der Waals surface area (Å²) in [5.74, 6) is 0. The summed E-state index contributed by atoms with van der Waals surface area (Å²) in [6.07, 6.45) is 0.557. The molecule has 1 aromatic rings. The third-order valence-corrected chi connectivity index (χ3v) is 2.00. The van der Waals surface area contributed by atoms with Crippen molar-refractivity contribution in [2.75, 3.05) is 14.2 Å². The minimum absolute atomic E-state index is 0.0945. The van der Waals surface area contributed by atoms with Crippen molar-refractivity contribution >= 4 is 0 Å². The Morgan fingerprint density at radius 1 is 1.50 bits per heavy atom. The van der Waals surface area contributed by atoms with Crippen LogP contribution in [0.3, 0.4) is 0 Å². The first-order valence-electron chi connectivity index (χ1n) is 4.41. The standard InChI is InChI=1S/C9H11N3O4/c1-15-7(16-2)5-12-4-6(3-10)8(13)11-9(12)14/h4,7H,5H2,1-2H3,(H,11,13,14). The third-order valence-electron chi connectivity index (χ3n) is 2.00. The summed E-state index contributed by atoms with van der Waals surface area (Å²) < 4.78 is 11.0. The van der Waals surface area contributed by atoms with Gasteiger partial charge in [-0.25, -0.2) is 4.79 Å². The lowest BCUT2D eigenvalue weighted by Gasteiger charge is -2.14. The molecule has 1 aromatic heterocycles. The molecule has 86 valence electrons. The Kier molecular flexibility index (Phi) is 3.99. The van der Waals surface area contributed by atoms with Crippen molar-refractivity contribution in [2.45, 2.75) is 12.8 Å². The maximum Gasteiger partial charge on any atom is 0.328 e. The number of hydrogen-bond donors (Lipinski definition) is 1. The van der Waals surface area contributed by atoms with Crippen LogP contribution in [0.4, 0.5) is 0 Å². The number of methoxy groups -OCH3 is 2. The molecule has 16 heavy (non-hydrogen) atoms. The van der Waals surface area contributed by atoms with Gasteiger partial charge in [0.1, 0.15) is 11.6 Å². The number of aromatic amines is 1. The Balaban J connectivity index is 3.11. The van der Waals surface area contributed by atoms with E-state index < -0.39 is 17.5 Å². The van der Waals surface area contributed by atoms with E-state index in [2.05, 4.69) is 0 Å². The van der Waals surface area contributed by atoms with Crippen molar-refractivity contribution in [3.63, 3.8) is 0 Å². The molecule has 0 saturated heterocycles. The van der Waals surface area contributed by atoms with E-state index in [1.807, 2.05) is 4.98 Å². The zero-order valence-electron chi connectivity index (χ0n) is 8.89. The Labute approximate surface area is 90.8 Å². The minimum atomic E-state index is -0.699. The van der Waals surface area contributed by atoms with Crippen molar-refractivity contribution in [3.8, 4) is 6.07 Å². The highest BCUT2D eigenvalue weighted by Gasteiger charge is 2.09. The molecule has 7 nitrogen and oxygen atoms in total. The Hall–Kier alpha value is -1.91. The van der Waals surface area contributed by atoms with Crippen LogP contribution in [0.25, 0.3) is 0 Å². The molecule has 1 heterocycles. The topological polar surface area (TPSA) is 97.1 Å². The second kappa shape index (κ2) is 5.25. The smallest absolute Gasteiger partial charge is 0.328 e. The predicted molar refractivity (Wildman–Crippen MR) is 53.8 cm³/mol. The van der Waals surface area contributed by atoms with Crippen LogP contribution in [-0.2, 0) is 16.0 Å². The van der Waals surface area contributed by atoms with Crippen LogP contribution < -0.4 is 11.2 Å². The maximum absolute atomic E-state index is 11.4. The number of nitrogens with zero attached hydrogens (tertiary/aromatic N) is 2. The van der Waals surface area contributed by atoms with Gasteiger partial charge in [-0.15, -0.1) is 0 Å². The molecule has 7 heteroatoms. The molecule has 0 aliphatic rings. The van der Waals surface area contributed by atoms with Crippen molar-refractivity contribution in [3.05, 3.63) is 32.6 Å². The van der Waals surface area contributed by atoms with E-state index in [0.717, 1.165) is 4.57 Å². The molecule has 1 rings (SSSR count). The van der Waals surface area contributed by atoms with E-state index in [-0.39, 0.29) is 12.1 Å². The molecule has 0 unspecified atom stereocenters. The second-order valence-electron chi connectivity index (χ2n) is 2.97. The molecule has 0 radical (unpaired) electrons. The predicted octanol–water partition coefficient (Wildman–Crippen LogP) is -0.973. The molecule has 0 bridgehead atoms. The Morgan fingerprint density at radius 3 is 2.62 bits per heavy atom. The largest absolute Gasteiger partial charge is 0.354 e. The fourth-order valence-electron chi connectivity index (χ4n) is 1.13. The van der Waals surface area contributed by atoms with Gasteiger partial charge in [-0.3, -0.25) is 14.3 Å². The lowest BCUT2D eigenvalue weighted by Crippen LogP contribution is -2.35. The zero-order valence-corrected chi connectivity index (χ0v) is 8.89. The van der Waals surface area contributed by atoms with Crippen LogP contribution in [0, 0.1) is 11.3 Å². The van der Waals surface area contributed by atoms with E-state index in [1.54, 1.807) is 6.07 Å². The van der Waals surface area contributed by atoms with Crippen LogP contribution >= 0.6 is 0 Å². The van der Waals surface area contributed by atoms with Gasteiger partial charge < -0.3 is 9.47 Å². The van der Waals surface area contributed by atoms with Crippen molar-refractivity contribution in [1.82, 2.24) is 9.55 Å². The molecule has 0 amide bonds. The van der Waals surface area contributed by atoms with Crippen LogP contribution in [0.5, 0.6) is 0 Å². The van der Waals surface area contributed by atoms with E-state index in [0.29, 0.717) is 0 Å². The fourth-order valence-corrected chi connectivity index (χ4v) is 1.13. The second-order valence-corrected chi connectivity index (χ2v) is 2.97. The van der Waals surface area contributed by atoms with Gasteiger partial charge in [0.2, 0.25) is 0 Å². The molecule has 0 saturated carbocycles. The average molecular weight is 225 g/mol. The third kappa shape index (κ3) is 2.56. The molecule has 0 atom stereocenters. The van der Waals surface area contributed by atoms with Gasteiger partial charge in [0.05, 0.1) is 6.54 Å². The summed E-state index contributed by atoms with van der Waals surface area (Å²) in [6, 6.07) is 1.69. The molecular weight excluding hydrogens is 214 g/mol. The quantitative estimate of drug-likeness (QED) is 0.665. The number of hydrogen-bond acceptors (Lipinski definition) is 5. The molecule has 0 fully saturated rings. The number of H-pyrrole nitrogens is 1. The lowest BCUT2D eigenvalue weighted by molar-refractivity contribution is -0.111. The van der Waals surface area contributed by atoms with Crippen LogP contribution in [0.15, 0.2) is 15.8 Å². The number of ether oxygens (including phenoxy) is 2. The zero-order chi connectivity index (χ0) is 12.1. The number of nitrogens with one attached hydrogen (secondary N) is 1. The highest BCUT2D eigenvalue weighted by atomic mass is 16.7. The molecule has 0 aliphatic heterocycles. The van der Waals surface area contributed by atoms with E-state index in [4.69, 9.17) is 14.7 Å². The molecule has 0 aliphatic carbocycles. The van der Waals surface area contributed by atoms with Crippen LogP contribution in [-0.4, -0.2) is 30.1 Å². The Morgan fingerprint density at radius 2 is 2.12 bits per heavy atom. The Bertz CT molecular complexity index is 507. The summed E-state index contributed by atoms with van der Waals surface area (Å²) in [4.78, 5) is 24.5. The number of rotatable bonds is 4. The summed E-state index contributed by atoms with van der Waals surface area (Å²) in [5, 5.41) is 8.63. The maximum atomic E-state index is 11.4. The first kappa shape index (κ1) is 12.2.